The van der Waals surface area contributed by atoms with Gasteiger partial charge in [0.25, 0.3) is 0 Å². The Hall–Kier alpha value is -5.39. The molecule has 5 heterocycles. The first-order valence-electron chi connectivity index (χ1n) is 13.9. The summed E-state index contributed by atoms with van der Waals surface area (Å²) < 4.78 is 3.70. The molecule has 4 nitrogen and oxygen atoms in total. The highest BCUT2D eigenvalue weighted by Crippen LogP contribution is 2.44. The number of hydrogen-bond acceptors (Lipinski definition) is 4. The Balaban J connectivity index is 1.51. The second-order valence-electron chi connectivity index (χ2n) is 10.5. The normalized spacial score (nSPS) is 11.8. The van der Waals surface area contributed by atoms with Gasteiger partial charge in [0.1, 0.15) is 0 Å². The molecule has 0 aliphatic rings. The lowest BCUT2D eigenvalue weighted by Gasteiger charge is -2.14. The van der Waals surface area contributed by atoms with E-state index >= 15 is 0 Å². The first kappa shape index (κ1) is 23.3. The predicted octanol–water partition coefficient (Wildman–Crippen LogP) is 9.82. The zero-order chi connectivity index (χ0) is 27.6. The fraction of sp³-hybridized carbons (Fsp3) is 0. The second kappa shape index (κ2) is 9.06. The molecule has 0 N–H and O–H groups in total. The molecule has 4 aromatic carbocycles. The fourth-order valence-electron chi connectivity index (χ4n) is 6.34. The van der Waals surface area contributed by atoms with Crippen LogP contribution in [0.1, 0.15) is 0 Å². The summed E-state index contributed by atoms with van der Waals surface area (Å²) in [6.45, 7) is 0. The lowest BCUT2D eigenvalue weighted by atomic mass is 9.96. The molecule has 0 saturated heterocycles. The van der Waals surface area contributed by atoms with Gasteiger partial charge in [0.05, 0.1) is 39.5 Å². The molecule has 0 saturated carbocycles. The molecule has 9 rings (SSSR count). The quantitative estimate of drug-likeness (QED) is 0.204. The summed E-state index contributed by atoms with van der Waals surface area (Å²) in [5, 5.41) is 10.9. The monoisotopic (exact) mass is 554 g/mol. The van der Waals surface area contributed by atoms with E-state index in [2.05, 4.69) is 98.8 Å². The van der Waals surface area contributed by atoms with Crippen LogP contribution < -0.4 is 0 Å². The zero-order valence-corrected chi connectivity index (χ0v) is 23.2. The first-order chi connectivity index (χ1) is 20.8. The van der Waals surface area contributed by atoms with Crippen LogP contribution in [0, 0.1) is 0 Å². The third kappa shape index (κ3) is 3.44. The van der Waals surface area contributed by atoms with Crippen LogP contribution in [0.2, 0.25) is 0 Å². The molecule has 0 radical (unpaired) electrons. The number of thiophene rings is 1. The summed E-state index contributed by atoms with van der Waals surface area (Å²) >= 11 is 1.78. The van der Waals surface area contributed by atoms with Gasteiger partial charge in [-0.1, -0.05) is 60.7 Å². The number of pyridine rings is 3. The van der Waals surface area contributed by atoms with Crippen molar-refractivity contribution in [2.24, 2.45) is 0 Å². The average Bonchev–Trinajstić information content (AvgIpc) is 3.66. The van der Waals surface area contributed by atoms with E-state index in [4.69, 9.17) is 4.98 Å². The van der Waals surface area contributed by atoms with Crippen LogP contribution >= 0.6 is 11.3 Å². The maximum absolute atomic E-state index is 5.06. The number of nitrogens with zero attached hydrogens (tertiary/aromatic N) is 4. The largest absolute Gasteiger partial charge is 0.308 e. The summed E-state index contributed by atoms with van der Waals surface area (Å²) in [5.41, 5.74) is 6.68. The van der Waals surface area contributed by atoms with Crippen molar-refractivity contribution in [3.8, 4) is 28.5 Å². The van der Waals surface area contributed by atoms with Crippen molar-refractivity contribution in [1.29, 1.82) is 0 Å². The van der Waals surface area contributed by atoms with E-state index in [1.165, 1.54) is 53.4 Å². The third-order valence-electron chi connectivity index (χ3n) is 8.13. The summed E-state index contributed by atoms with van der Waals surface area (Å²) in [4.78, 5) is 14.4. The van der Waals surface area contributed by atoms with Gasteiger partial charge in [-0.3, -0.25) is 9.97 Å². The van der Waals surface area contributed by atoms with Crippen LogP contribution in [0.3, 0.4) is 0 Å². The lowest BCUT2D eigenvalue weighted by Crippen LogP contribution is -2.00. The molecule has 5 heteroatoms. The number of hydrogen-bond donors (Lipinski definition) is 0. The molecular formula is C37H22N4S. The third-order valence-corrected chi connectivity index (χ3v) is 9.01. The van der Waals surface area contributed by atoms with Crippen LogP contribution in [0.15, 0.2) is 133 Å². The van der Waals surface area contributed by atoms with Crippen LogP contribution in [0.5, 0.6) is 0 Å². The number of aromatic nitrogens is 4. The van der Waals surface area contributed by atoms with Gasteiger partial charge < -0.3 is 4.57 Å². The Morgan fingerprint density at radius 2 is 1.14 bits per heavy atom. The number of fused-ring (bicyclic) bond motifs is 9. The molecule has 0 atom stereocenters. The minimum atomic E-state index is 0.811. The minimum Gasteiger partial charge on any atom is -0.308 e. The molecule has 0 bridgehead atoms. The van der Waals surface area contributed by atoms with Gasteiger partial charge in [0, 0.05) is 33.3 Å². The molecule has 42 heavy (non-hydrogen) atoms. The molecule has 0 amide bonds. The van der Waals surface area contributed by atoms with E-state index in [1.807, 2.05) is 48.8 Å². The van der Waals surface area contributed by atoms with Crippen molar-refractivity contribution < 1.29 is 0 Å². The maximum atomic E-state index is 5.06. The summed E-state index contributed by atoms with van der Waals surface area (Å²) in [6, 6.07) is 40.7. The van der Waals surface area contributed by atoms with Gasteiger partial charge >= 0.3 is 0 Å². The topological polar surface area (TPSA) is 43.6 Å². The van der Waals surface area contributed by atoms with Crippen molar-refractivity contribution in [1.82, 2.24) is 19.5 Å². The fourth-order valence-corrected chi connectivity index (χ4v) is 7.14. The van der Waals surface area contributed by atoms with Gasteiger partial charge in [0.15, 0.2) is 0 Å². The molecule has 0 unspecified atom stereocenters. The van der Waals surface area contributed by atoms with Crippen LogP contribution in [-0.2, 0) is 0 Å². The lowest BCUT2D eigenvalue weighted by molar-refractivity contribution is 1.15. The van der Waals surface area contributed by atoms with E-state index in [9.17, 15) is 0 Å². The predicted molar refractivity (Wildman–Crippen MR) is 175 cm³/mol. The van der Waals surface area contributed by atoms with Crippen molar-refractivity contribution in [2.75, 3.05) is 0 Å². The highest BCUT2D eigenvalue weighted by molar-refractivity contribution is 7.17. The van der Waals surface area contributed by atoms with Crippen molar-refractivity contribution in [3.05, 3.63) is 133 Å². The molecular weight excluding hydrogens is 533 g/mol. The second-order valence-corrected chi connectivity index (χ2v) is 11.5. The van der Waals surface area contributed by atoms with E-state index in [-0.39, 0.29) is 0 Å². The average molecular weight is 555 g/mol. The molecule has 196 valence electrons. The van der Waals surface area contributed by atoms with E-state index in [0.29, 0.717) is 0 Å². The highest BCUT2D eigenvalue weighted by Gasteiger charge is 2.21. The Bertz CT molecular complexity index is 2400. The van der Waals surface area contributed by atoms with Gasteiger partial charge in [-0.05, 0) is 81.5 Å². The Morgan fingerprint density at radius 1 is 0.524 bits per heavy atom. The van der Waals surface area contributed by atoms with Gasteiger partial charge in [-0.2, -0.15) is 0 Å². The van der Waals surface area contributed by atoms with Gasteiger partial charge in [-0.15, -0.1) is 11.3 Å². The standard InChI is InChI=1S/C37H22N4S/c1-3-11-27-25(9-1)26-10-2-4-12-28(26)37-36(27)29-19-23-15-18-42-35(23)22-34(29)41(37)24-20-32(30-13-5-7-16-38-30)40-33(21-24)31-14-6-8-17-39-31/h1-22H. The summed E-state index contributed by atoms with van der Waals surface area (Å²) in [7, 11) is 0. The SMILES string of the molecule is c1ccc(-c2cc(-n3c4cc5sccc5cc4c4c5ccccc5c5ccccc5c43)cc(-c3ccccn3)n2)nc1. The Morgan fingerprint density at radius 3 is 1.81 bits per heavy atom. The van der Waals surface area contributed by atoms with Crippen molar-refractivity contribution in [3.63, 3.8) is 0 Å². The molecule has 9 aromatic rings. The Kier molecular flexibility index (Phi) is 5.03. The smallest absolute Gasteiger partial charge is 0.0915 e. The van der Waals surface area contributed by atoms with Crippen LogP contribution in [0.25, 0.3) is 81.9 Å². The summed E-state index contributed by atoms with van der Waals surface area (Å²) in [5.74, 6) is 0. The molecule has 0 aliphatic heterocycles. The van der Waals surface area contributed by atoms with E-state index in [0.717, 1.165) is 28.5 Å². The molecule has 0 fully saturated rings. The van der Waals surface area contributed by atoms with Crippen LogP contribution in [-0.4, -0.2) is 19.5 Å². The maximum Gasteiger partial charge on any atom is 0.0915 e. The van der Waals surface area contributed by atoms with Crippen LogP contribution in [0.4, 0.5) is 0 Å². The zero-order valence-electron chi connectivity index (χ0n) is 22.4. The summed E-state index contributed by atoms with van der Waals surface area (Å²) in [6.07, 6.45) is 3.63. The Labute approximate surface area is 245 Å². The van der Waals surface area contributed by atoms with Crippen molar-refractivity contribution >= 4 is 64.8 Å². The molecule has 0 aliphatic carbocycles. The van der Waals surface area contributed by atoms with Gasteiger partial charge in [-0.25, -0.2) is 4.98 Å². The molecule has 5 aromatic heterocycles. The van der Waals surface area contributed by atoms with Gasteiger partial charge in [0.2, 0.25) is 0 Å². The number of rotatable bonds is 3. The van der Waals surface area contributed by atoms with E-state index < -0.39 is 0 Å². The molecule has 0 spiro atoms. The van der Waals surface area contributed by atoms with Crippen molar-refractivity contribution in [2.45, 2.75) is 0 Å². The first-order valence-corrected chi connectivity index (χ1v) is 14.8. The number of benzene rings is 4. The van der Waals surface area contributed by atoms with E-state index in [1.54, 1.807) is 11.3 Å². The highest BCUT2D eigenvalue weighted by atomic mass is 32.1. The minimum absolute atomic E-state index is 0.811.